The first-order valence-electron chi connectivity index (χ1n) is 6.68. The first-order chi connectivity index (χ1) is 10.1. The highest BCUT2D eigenvalue weighted by molar-refractivity contribution is 6.05. The van der Waals surface area contributed by atoms with Gasteiger partial charge in [-0.2, -0.15) is 5.10 Å². The molecule has 0 aliphatic rings. The summed E-state index contributed by atoms with van der Waals surface area (Å²) in [4.78, 5) is 15.2. The number of aromatic nitrogens is 3. The maximum absolute atomic E-state index is 13.6. The number of hydrogen-bond donors (Lipinski definition) is 2. The molecular weight excluding hydrogens is 271 g/mol. The Bertz CT molecular complexity index is 803. The predicted octanol–water partition coefficient (Wildman–Crippen LogP) is 3.34. The molecule has 2 aromatic heterocycles. The van der Waals surface area contributed by atoms with Gasteiger partial charge in [0.2, 0.25) is 0 Å². The Morgan fingerprint density at radius 2 is 2.19 bits per heavy atom. The van der Waals surface area contributed by atoms with E-state index in [0.29, 0.717) is 22.4 Å². The van der Waals surface area contributed by atoms with Gasteiger partial charge in [0.1, 0.15) is 17.3 Å². The summed E-state index contributed by atoms with van der Waals surface area (Å²) >= 11 is 0. The van der Waals surface area contributed by atoms with Crippen LogP contribution in [0.1, 0.15) is 30.4 Å². The van der Waals surface area contributed by atoms with E-state index in [1.807, 2.05) is 13.8 Å². The molecule has 0 saturated carbocycles. The molecule has 0 aliphatic heterocycles. The Morgan fingerprint density at radius 3 is 2.90 bits per heavy atom. The molecule has 3 rings (SSSR count). The average Bonchev–Trinajstić information content (AvgIpc) is 3.05. The van der Waals surface area contributed by atoms with Crippen molar-refractivity contribution >= 4 is 22.6 Å². The second-order valence-electron chi connectivity index (χ2n) is 5.09. The number of fused-ring (bicyclic) bond motifs is 1. The van der Waals surface area contributed by atoms with Crippen molar-refractivity contribution in [3.8, 4) is 0 Å². The summed E-state index contributed by atoms with van der Waals surface area (Å²) in [7, 11) is 0. The monoisotopic (exact) mass is 286 g/mol. The van der Waals surface area contributed by atoms with Crippen molar-refractivity contribution in [2.24, 2.45) is 0 Å². The van der Waals surface area contributed by atoms with Crippen molar-refractivity contribution in [2.75, 3.05) is 5.32 Å². The number of aromatic amines is 1. The van der Waals surface area contributed by atoms with E-state index in [1.54, 1.807) is 29.1 Å². The number of hydrogen-bond acceptors (Lipinski definition) is 2. The van der Waals surface area contributed by atoms with Gasteiger partial charge in [-0.25, -0.2) is 9.07 Å². The molecule has 0 atom stereocenters. The summed E-state index contributed by atoms with van der Waals surface area (Å²) in [5, 5.41) is 7.33. The van der Waals surface area contributed by atoms with E-state index in [-0.39, 0.29) is 17.8 Å². The topological polar surface area (TPSA) is 62.7 Å². The fraction of sp³-hybridized carbons (Fsp3) is 0.200. The zero-order valence-electron chi connectivity index (χ0n) is 11.7. The van der Waals surface area contributed by atoms with Crippen LogP contribution in [0.2, 0.25) is 0 Å². The maximum Gasteiger partial charge on any atom is 0.273 e. The third-order valence-electron chi connectivity index (χ3n) is 3.26. The van der Waals surface area contributed by atoms with Gasteiger partial charge in [0.25, 0.3) is 5.91 Å². The second-order valence-corrected chi connectivity index (χ2v) is 5.09. The molecule has 0 fully saturated rings. The van der Waals surface area contributed by atoms with Crippen LogP contribution in [0.4, 0.5) is 10.2 Å². The van der Waals surface area contributed by atoms with Gasteiger partial charge < -0.3 is 10.3 Å². The second kappa shape index (κ2) is 5.05. The molecule has 108 valence electrons. The lowest BCUT2D eigenvalue weighted by molar-refractivity contribution is 0.102. The number of carbonyl (C=O) groups excluding carboxylic acids is 1. The van der Waals surface area contributed by atoms with Crippen molar-refractivity contribution in [3.63, 3.8) is 0 Å². The Labute approximate surface area is 120 Å². The van der Waals surface area contributed by atoms with Crippen molar-refractivity contribution in [3.05, 3.63) is 48.0 Å². The number of rotatable bonds is 3. The molecule has 21 heavy (non-hydrogen) atoms. The lowest BCUT2D eigenvalue weighted by Crippen LogP contribution is -2.16. The summed E-state index contributed by atoms with van der Waals surface area (Å²) in [6, 6.07) is 8.07. The third-order valence-corrected chi connectivity index (χ3v) is 3.26. The van der Waals surface area contributed by atoms with Gasteiger partial charge in [-0.05, 0) is 32.0 Å². The van der Waals surface area contributed by atoms with Crippen LogP contribution in [0.15, 0.2) is 36.5 Å². The SMILES string of the molecule is CC(C)n1nccc1NC(=O)c1cc2c(F)cccc2[nH]1. The molecule has 0 saturated heterocycles. The van der Waals surface area contributed by atoms with Crippen molar-refractivity contribution in [2.45, 2.75) is 19.9 Å². The molecule has 0 aliphatic carbocycles. The summed E-state index contributed by atoms with van der Waals surface area (Å²) in [6.45, 7) is 3.95. The number of anilines is 1. The minimum Gasteiger partial charge on any atom is -0.350 e. The summed E-state index contributed by atoms with van der Waals surface area (Å²) in [6.07, 6.45) is 1.63. The van der Waals surface area contributed by atoms with Crippen LogP contribution in [0.3, 0.4) is 0 Å². The van der Waals surface area contributed by atoms with Crippen LogP contribution in [0.25, 0.3) is 10.9 Å². The number of carbonyl (C=O) groups is 1. The molecule has 3 aromatic rings. The van der Waals surface area contributed by atoms with E-state index < -0.39 is 0 Å². The molecule has 1 amide bonds. The van der Waals surface area contributed by atoms with Crippen LogP contribution in [0, 0.1) is 5.82 Å². The van der Waals surface area contributed by atoms with Crippen LogP contribution in [-0.2, 0) is 0 Å². The Hall–Kier alpha value is -2.63. The number of amides is 1. The highest BCUT2D eigenvalue weighted by Gasteiger charge is 2.14. The highest BCUT2D eigenvalue weighted by Crippen LogP contribution is 2.20. The Kier molecular flexibility index (Phi) is 3.21. The first kappa shape index (κ1) is 13.4. The maximum atomic E-state index is 13.6. The van der Waals surface area contributed by atoms with Crippen LogP contribution >= 0.6 is 0 Å². The first-order valence-corrected chi connectivity index (χ1v) is 6.68. The lowest BCUT2D eigenvalue weighted by atomic mass is 10.2. The predicted molar refractivity (Wildman–Crippen MR) is 78.8 cm³/mol. The van der Waals surface area contributed by atoms with Gasteiger partial charge in [0, 0.05) is 23.0 Å². The number of nitrogens with one attached hydrogen (secondary N) is 2. The fourth-order valence-corrected chi connectivity index (χ4v) is 2.25. The van der Waals surface area contributed by atoms with Gasteiger partial charge in [0.05, 0.1) is 6.20 Å². The van der Waals surface area contributed by atoms with Crippen molar-refractivity contribution in [1.29, 1.82) is 0 Å². The van der Waals surface area contributed by atoms with Crippen LogP contribution in [-0.4, -0.2) is 20.7 Å². The van der Waals surface area contributed by atoms with Gasteiger partial charge in [-0.15, -0.1) is 0 Å². The van der Waals surface area contributed by atoms with E-state index >= 15 is 0 Å². The number of nitrogens with zero attached hydrogens (tertiary/aromatic N) is 2. The fourth-order valence-electron chi connectivity index (χ4n) is 2.25. The normalized spacial score (nSPS) is 11.2. The average molecular weight is 286 g/mol. The lowest BCUT2D eigenvalue weighted by Gasteiger charge is -2.11. The van der Waals surface area contributed by atoms with Gasteiger partial charge >= 0.3 is 0 Å². The number of H-pyrrole nitrogens is 1. The molecule has 0 radical (unpaired) electrons. The van der Waals surface area contributed by atoms with Crippen LogP contribution in [0.5, 0.6) is 0 Å². The molecule has 0 spiro atoms. The van der Waals surface area contributed by atoms with Gasteiger partial charge in [-0.3, -0.25) is 4.79 Å². The largest absolute Gasteiger partial charge is 0.350 e. The molecule has 0 unspecified atom stereocenters. The van der Waals surface area contributed by atoms with E-state index in [0.717, 1.165) is 0 Å². The van der Waals surface area contributed by atoms with E-state index in [4.69, 9.17) is 0 Å². The standard InChI is InChI=1S/C15H15FN4O/c1-9(2)20-14(6-7-17-20)19-15(21)13-8-10-11(16)4-3-5-12(10)18-13/h3-9,18H,1-2H3,(H,19,21). The summed E-state index contributed by atoms with van der Waals surface area (Å²) in [5.74, 6) is -0.0721. The molecule has 1 aromatic carbocycles. The minimum absolute atomic E-state index is 0.135. The smallest absolute Gasteiger partial charge is 0.273 e. The Balaban J connectivity index is 1.90. The van der Waals surface area contributed by atoms with E-state index in [9.17, 15) is 9.18 Å². The van der Waals surface area contributed by atoms with Gasteiger partial charge in [-0.1, -0.05) is 6.07 Å². The molecule has 6 heteroatoms. The molecule has 2 heterocycles. The van der Waals surface area contributed by atoms with E-state index in [1.165, 1.54) is 12.1 Å². The van der Waals surface area contributed by atoms with Gasteiger partial charge in [0.15, 0.2) is 0 Å². The minimum atomic E-state index is -0.352. The molecule has 5 nitrogen and oxygen atoms in total. The van der Waals surface area contributed by atoms with Crippen LogP contribution < -0.4 is 5.32 Å². The molecule has 2 N–H and O–H groups in total. The molecular formula is C15H15FN4O. The summed E-state index contributed by atoms with van der Waals surface area (Å²) in [5.41, 5.74) is 0.907. The van der Waals surface area contributed by atoms with Crippen molar-refractivity contribution in [1.82, 2.24) is 14.8 Å². The quantitative estimate of drug-likeness (QED) is 0.775. The number of benzene rings is 1. The number of halogens is 1. The highest BCUT2D eigenvalue weighted by atomic mass is 19.1. The zero-order valence-corrected chi connectivity index (χ0v) is 11.7. The van der Waals surface area contributed by atoms with E-state index in [2.05, 4.69) is 15.4 Å². The summed E-state index contributed by atoms with van der Waals surface area (Å²) < 4.78 is 15.4. The molecule has 0 bridgehead atoms. The zero-order chi connectivity index (χ0) is 15.0. The Morgan fingerprint density at radius 1 is 1.38 bits per heavy atom. The van der Waals surface area contributed by atoms with Crippen molar-refractivity contribution < 1.29 is 9.18 Å². The third kappa shape index (κ3) is 2.40.